The molecule has 1 N–H and O–H groups in total. The van der Waals surface area contributed by atoms with E-state index in [0.717, 1.165) is 17.0 Å². The van der Waals surface area contributed by atoms with Crippen LogP contribution in [0.4, 0.5) is 5.69 Å². The molecule has 1 atom stereocenters. The fourth-order valence-corrected chi connectivity index (χ4v) is 1.46. The van der Waals surface area contributed by atoms with Crippen LogP contribution in [0.3, 0.4) is 0 Å². The molecule has 0 saturated heterocycles. The number of benzene rings is 1. The number of hydrogen-bond acceptors (Lipinski definition) is 3. The molecule has 1 aromatic rings. The number of carbonyl (C=O) groups is 1. The van der Waals surface area contributed by atoms with Gasteiger partial charge in [-0.05, 0) is 51.5 Å². The summed E-state index contributed by atoms with van der Waals surface area (Å²) in [6.45, 7) is 7.59. The van der Waals surface area contributed by atoms with Crippen LogP contribution in [0.5, 0.6) is 5.75 Å². The molecule has 0 radical (unpaired) electrons. The van der Waals surface area contributed by atoms with Crippen molar-refractivity contribution in [3.63, 3.8) is 0 Å². The Labute approximate surface area is 108 Å². The lowest BCUT2D eigenvalue weighted by Crippen LogP contribution is -2.26. The summed E-state index contributed by atoms with van der Waals surface area (Å²) in [6.07, 6.45) is -0.325. The van der Waals surface area contributed by atoms with Crippen LogP contribution in [-0.2, 0) is 9.53 Å². The molecule has 18 heavy (non-hydrogen) atoms. The summed E-state index contributed by atoms with van der Waals surface area (Å²) >= 11 is 0. The lowest BCUT2D eigenvalue weighted by molar-refractivity contribution is -0.124. The van der Waals surface area contributed by atoms with Crippen molar-refractivity contribution in [2.75, 3.05) is 12.4 Å². The third-order valence-corrected chi connectivity index (χ3v) is 2.55. The molecule has 0 bridgehead atoms. The van der Waals surface area contributed by atoms with Gasteiger partial charge in [0.25, 0.3) is 5.91 Å². The molecular formula is C14H21NO3. The fourth-order valence-electron chi connectivity index (χ4n) is 1.46. The fraction of sp³-hybridized carbons (Fsp3) is 0.500. The molecule has 1 amide bonds. The molecule has 1 rings (SSSR count). The molecule has 0 aliphatic carbocycles. The van der Waals surface area contributed by atoms with E-state index < -0.39 is 6.10 Å². The monoisotopic (exact) mass is 251 g/mol. The predicted molar refractivity (Wildman–Crippen MR) is 72.0 cm³/mol. The summed E-state index contributed by atoms with van der Waals surface area (Å²) < 4.78 is 10.5. The van der Waals surface area contributed by atoms with Crippen LogP contribution in [0.1, 0.15) is 26.3 Å². The van der Waals surface area contributed by atoms with E-state index in [-0.39, 0.29) is 12.0 Å². The SMILES string of the molecule is COC(C)C(=O)Nc1ccc(OC(C)C)cc1C. The first-order valence-electron chi connectivity index (χ1n) is 6.05. The molecule has 0 spiro atoms. The minimum absolute atomic E-state index is 0.137. The molecule has 1 unspecified atom stereocenters. The van der Waals surface area contributed by atoms with Gasteiger partial charge in [-0.3, -0.25) is 4.79 Å². The first kappa shape index (κ1) is 14.5. The second-order valence-corrected chi connectivity index (χ2v) is 4.51. The highest BCUT2D eigenvalue weighted by atomic mass is 16.5. The van der Waals surface area contributed by atoms with Crippen molar-refractivity contribution in [1.82, 2.24) is 0 Å². The molecule has 100 valence electrons. The van der Waals surface area contributed by atoms with Crippen molar-refractivity contribution < 1.29 is 14.3 Å². The average Bonchev–Trinajstić information content (AvgIpc) is 2.30. The lowest BCUT2D eigenvalue weighted by atomic mass is 10.2. The highest BCUT2D eigenvalue weighted by molar-refractivity contribution is 5.94. The smallest absolute Gasteiger partial charge is 0.253 e. The third kappa shape index (κ3) is 4.04. The van der Waals surface area contributed by atoms with E-state index in [1.807, 2.05) is 39.0 Å². The van der Waals surface area contributed by atoms with Gasteiger partial charge in [-0.25, -0.2) is 0 Å². The molecule has 0 saturated carbocycles. The van der Waals surface area contributed by atoms with E-state index in [0.29, 0.717) is 0 Å². The van der Waals surface area contributed by atoms with Crippen molar-refractivity contribution in [2.24, 2.45) is 0 Å². The van der Waals surface area contributed by atoms with Crippen LogP contribution in [0.25, 0.3) is 0 Å². The Morgan fingerprint density at radius 1 is 1.28 bits per heavy atom. The van der Waals surface area contributed by atoms with E-state index in [1.165, 1.54) is 7.11 Å². The Morgan fingerprint density at radius 2 is 1.94 bits per heavy atom. The van der Waals surface area contributed by atoms with E-state index in [1.54, 1.807) is 6.92 Å². The summed E-state index contributed by atoms with van der Waals surface area (Å²) in [5.74, 6) is 0.651. The molecule has 4 heteroatoms. The topological polar surface area (TPSA) is 47.6 Å². The number of hydrogen-bond donors (Lipinski definition) is 1. The number of nitrogens with one attached hydrogen (secondary N) is 1. The van der Waals surface area contributed by atoms with E-state index >= 15 is 0 Å². The van der Waals surface area contributed by atoms with Gasteiger partial charge in [0.05, 0.1) is 6.10 Å². The summed E-state index contributed by atoms with van der Waals surface area (Å²) in [4.78, 5) is 11.7. The standard InChI is InChI=1S/C14H21NO3/c1-9(2)18-12-6-7-13(10(3)8-12)15-14(16)11(4)17-5/h6-9,11H,1-5H3,(H,15,16). The number of ether oxygens (including phenoxy) is 2. The van der Waals surface area contributed by atoms with Crippen LogP contribution < -0.4 is 10.1 Å². The number of aryl methyl sites for hydroxylation is 1. The van der Waals surface area contributed by atoms with Crippen molar-refractivity contribution in [3.05, 3.63) is 23.8 Å². The highest BCUT2D eigenvalue weighted by Gasteiger charge is 2.12. The molecule has 0 aliphatic heterocycles. The zero-order valence-corrected chi connectivity index (χ0v) is 11.6. The first-order valence-corrected chi connectivity index (χ1v) is 6.05. The Hall–Kier alpha value is -1.55. The zero-order chi connectivity index (χ0) is 13.7. The number of amides is 1. The van der Waals surface area contributed by atoms with E-state index in [4.69, 9.17) is 9.47 Å². The van der Waals surface area contributed by atoms with Crippen LogP contribution in [0.15, 0.2) is 18.2 Å². The third-order valence-electron chi connectivity index (χ3n) is 2.55. The van der Waals surface area contributed by atoms with Gasteiger partial charge >= 0.3 is 0 Å². The van der Waals surface area contributed by atoms with Crippen LogP contribution >= 0.6 is 0 Å². The maximum atomic E-state index is 11.7. The first-order chi connectivity index (χ1) is 8.43. The summed E-state index contributed by atoms with van der Waals surface area (Å²) in [5, 5.41) is 2.82. The van der Waals surface area contributed by atoms with Crippen molar-refractivity contribution >= 4 is 11.6 Å². The second kappa shape index (κ2) is 6.40. The number of rotatable bonds is 5. The van der Waals surface area contributed by atoms with Gasteiger partial charge in [0.1, 0.15) is 11.9 Å². The van der Waals surface area contributed by atoms with Crippen molar-refractivity contribution in [1.29, 1.82) is 0 Å². The summed E-state index contributed by atoms with van der Waals surface area (Å²) in [7, 11) is 1.51. The van der Waals surface area contributed by atoms with Crippen LogP contribution in [-0.4, -0.2) is 25.2 Å². The minimum atomic E-state index is -0.462. The van der Waals surface area contributed by atoms with Crippen LogP contribution in [0.2, 0.25) is 0 Å². The second-order valence-electron chi connectivity index (χ2n) is 4.51. The number of anilines is 1. The molecule has 4 nitrogen and oxygen atoms in total. The van der Waals surface area contributed by atoms with Gasteiger partial charge in [-0.15, -0.1) is 0 Å². The largest absolute Gasteiger partial charge is 0.491 e. The minimum Gasteiger partial charge on any atom is -0.491 e. The van der Waals surface area contributed by atoms with Gasteiger partial charge in [0.2, 0.25) is 0 Å². The van der Waals surface area contributed by atoms with E-state index in [2.05, 4.69) is 5.32 Å². The highest BCUT2D eigenvalue weighted by Crippen LogP contribution is 2.22. The quantitative estimate of drug-likeness (QED) is 0.875. The maximum absolute atomic E-state index is 11.7. The maximum Gasteiger partial charge on any atom is 0.253 e. The van der Waals surface area contributed by atoms with Gasteiger partial charge in [-0.2, -0.15) is 0 Å². The molecule has 0 aliphatic rings. The number of methoxy groups -OCH3 is 1. The molecule has 1 aromatic carbocycles. The summed E-state index contributed by atoms with van der Waals surface area (Å²) in [5.41, 5.74) is 1.74. The van der Waals surface area contributed by atoms with E-state index in [9.17, 15) is 4.79 Å². The van der Waals surface area contributed by atoms with Crippen LogP contribution in [0, 0.1) is 6.92 Å². The zero-order valence-electron chi connectivity index (χ0n) is 11.6. The van der Waals surface area contributed by atoms with Crippen molar-refractivity contribution in [3.8, 4) is 5.75 Å². The number of carbonyl (C=O) groups excluding carboxylic acids is 1. The summed E-state index contributed by atoms with van der Waals surface area (Å²) in [6, 6.07) is 5.60. The molecule has 0 aromatic heterocycles. The average molecular weight is 251 g/mol. The Bertz CT molecular complexity index is 416. The lowest BCUT2D eigenvalue weighted by Gasteiger charge is -2.14. The van der Waals surface area contributed by atoms with Gasteiger partial charge in [0.15, 0.2) is 0 Å². The Kier molecular flexibility index (Phi) is 5.16. The van der Waals surface area contributed by atoms with Gasteiger partial charge in [0, 0.05) is 12.8 Å². The van der Waals surface area contributed by atoms with Crippen molar-refractivity contribution in [2.45, 2.75) is 39.9 Å². The van der Waals surface area contributed by atoms with Gasteiger partial charge < -0.3 is 14.8 Å². The Balaban J connectivity index is 2.76. The normalized spacial score (nSPS) is 12.3. The molecule has 0 heterocycles. The molecular weight excluding hydrogens is 230 g/mol. The molecule has 0 fully saturated rings. The Morgan fingerprint density at radius 3 is 2.44 bits per heavy atom. The van der Waals surface area contributed by atoms with Gasteiger partial charge in [-0.1, -0.05) is 0 Å². The predicted octanol–water partition coefficient (Wildman–Crippen LogP) is 2.76.